The molecule has 1 heterocycles. The van der Waals surface area contributed by atoms with E-state index in [0.717, 1.165) is 15.4 Å². The number of fused-ring (bicyclic) bond motifs is 1. The predicted molar refractivity (Wildman–Crippen MR) is 78.9 cm³/mol. The molecule has 1 aromatic carbocycles. The maximum Gasteiger partial charge on any atom is 0.0822 e. The summed E-state index contributed by atoms with van der Waals surface area (Å²) in [6.45, 7) is 4.14. The Labute approximate surface area is 120 Å². The maximum atomic E-state index is 10.2. The van der Waals surface area contributed by atoms with E-state index in [-0.39, 0.29) is 0 Å². The van der Waals surface area contributed by atoms with E-state index >= 15 is 0 Å². The quantitative estimate of drug-likeness (QED) is 0.883. The summed E-state index contributed by atoms with van der Waals surface area (Å²) in [4.78, 5) is 4.35. The molecule has 0 spiro atoms. The summed E-state index contributed by atoms with van der Waals surface area (Å²) in [5.74, 6) is 0.411. The largest absolute Gasteiger partial charge is 0.388 e. The Hall–Kier alpha value is -0.640. The van der Waals surface area contributed by atoms with Crippen molar-refractivity contribution in [2.75, 3.05) is 0 Å². The maximum absolute atomic E-state index is 10.2. The summed E-state index contributed by atoms with van der Waals surface area (Å²) >= 11 is 9.79. The molecule has 0 bridgehead atoms. The van der Waals surface area contributed by atoms with Crippen LogP contribution in [0.2, 0.25) is 5.02 Å². The van der Waals surface area contributed by atoms with Crippen molar-refractivity contribution in [3.63, 3.8) is 0 Å². The van der Waals surface area contributed by atoms with Crippen LogP contribution in [0.5, 0.6) is 0 Å². The number of hydrogen-bond acceptors (Lipinski definition) is 2. The Kier molecular flexibility index (Phi) is 4.25. The first-order valence-electron chi connectivity index (χ1n) is 5.90. The lowest BCUT2D eigenvalue weighted by atomic mass is 9.99. The highest BCUT2D eigenvalue weighted by Crippen LogP contribution is 2.33. The molecule has 1 aromatic heterocycles. The Bertz CT molecular complexity index is 571. The third-order valence-corrected chi connectivity index (χ3v) is 3.76. The molecule has 0 aliphatic rings. The lowest BCUT2D eigenvalue weighted by molar-refractivity contribution is 0.151. The molecule has 1 unspecified atom stereocenters. The van der Waals surface area contributed by atoms with Gasteiger partial charge in [-0.1, -0.05) is 41.4 Å². The van der Waals surface area contributed by atoms with Gasteiger partial charge in [0.25, 0.3) is 0 Å². The minimum atomic E-state index is -0.562. The van der Waals surface area contributed by atoms with E-state index in [1.165, 1.54) is 0 Å². The van der Waals surface area contributed by atoms with Crippen molar-refractivity contribution in [1.29, 1.82) is 0 Å². The molecule has 2 nitrogen and oxygen atoms in total. The van der Waals surface area contributed by atoms with Gasteiger partial charge < -0.3 is 5.11 Å². The number of nitrogens with zero attached hydrogens (tertiary/aromatic N) is 1. The topological polar surface area (TPSA) is 33.1 Å². The van der Waals surface area contributed by atoms with Gasteiger partial charge in [0, 0.05) is 21.6 Å². The Morgan fingerprint density at radius 1 is 1.39 bits per heavy atom. The highest BCUT2D eigenvalue weighted by atomic mass is 79.9. The zero-order valence-electron chi connectivity index (χ0n) is 10.3. The summed E-state index contributed by atoms with van der Waals surface area (Å²) in [6.07, 6.45) is 1.79. The van der Waals surface area contributed by atoms with Gasteiger partial charge in [-0.2, -0.15) is 0 Å². The average Bonchev–Trinajstić information content (AvgIpc) is 2.29. The van der Waals surface area contributed by atoms with Gasteiger partial charge in [0.05, 0.1) is 16.6 Å². The summed E-state index contributed by atoms with van der Waals surface area (Å²) in [5.41, 5.74) is 1.54. The number of pyridine rings is 1. The van der Waals surface area contributed by atoms with Crippen molar-refractivity contribution in [2.45, 2.75) is 26.4 Å². The Morgan fingerprint density at radius 3 is 2.78 bits per heavy atom. The van der Waals surface area contributed by atoms with Crippen molar-refractivity contribution in [1.82, 2.24) is 4.98 Å². The highest BCUT2D eigenvalue weighted by Gasteiger charge is 2.16. The molecule has 1 N–H and O–H groups in total. The van der Waals surface area contributed by atoms with Crippen LogP contribution >= 0.6 is 27.5 Å². The normalized spacial score (nSPS) is 13.2. The van der Waals surface area contributed by atoms with Crippen molar-refractivity contribution < 1.29 is 5.11 Å². The first kappa shape index (κ1) is 13.8. The molecular formula is C14H15BrClNO. The van der Waals surface area contributed by atoms with Crippen LogP contribution in [-0.2, 0) is 0 Å². The SMILES string of the molecule is CC(C)CC(O)c1cnc2ccc(Br)cc2c1Cl. The zero-order chi connectivity index (χ0) is 13.3. The van der Waals surface area contributed by atoms with E-state index in [9.17, 15) is 5.11 Å². The Morgan fingerprint density at radius 2 is 2.11 bits per heavy atom. The third-order valence-electron chi connectivity index (χ3n) is 2.84. The molecule has 0 fully saturated rings. The minimum Gasteiger partial charge on any atom is -0.388 e. The molecule has 0 aliphatic heterocycles. The molecule has 0 radical (unpaired) electrons. The lowest BCUT2D eigenvalue weighted by Gasteiger charge is -2.15. The molecule has 2 aromatic rings. The summed E-state index contributed by atoms with van der Waals surface area (Å²) in [7, 11) is 0. The van der Waals surface area contributed by atoms with E-state index in [4.69, 9.17) is 11.6 Å². The van der Waals surface area contributed by atoms with Crippen LogP contribution in [-0.4, -0.2) is 10.1 Å². The molecule has 18 heavy (non-hydrogen) atoms. The summed E-state index contributed by atoms with van der Waals surface area (Å²) in [5, 5.41) is 11.6. The summed E-state index contributed by atoms with van der Waals surface area (Å²) < 4.78 is 0.953. The van der Waals surface area contributed by atoms with Gasteiger partial charge in [0.2, 0.25) is 0 Å². The van der Waals surface area contributed by atoms with Crippen LogP contribution in [0.25, 0.3) is 10.9 Å². The number of aliphatic hydroxyl groups excluding tert-OH is 1. The zero-order valence-corrected chi connectivity index (χ0v) is 12.7. The first-order chi connectivity index (χ1) is 8.49. The van der Waals surface area contributed by atoms with Crippen molar-refractivity contribution in [2.24, 2.45) is 5.92 Å². The fraction of sp³-hybridized carbons (Fsp3) is 0.357. The van der Waals surface area contributed by atoms with Gasteiger partial charge >= 0.3 is 0 Å². The van der Waals surface area contributed by atoms with E-state index in [0.29, 0.717) is 22.9 Å². The number of halogens is 2. The van der Waals surface area contributed by atoms with Crippen LogP contribution in [0.4, 0.5) is 0 Å². The molecule has 0 saturated heterocycles. The smallest absolute Gasteiger partial charge is 0.0822 e. The molecule has 1 atom stereocenters. The van der Waals surface area contributed by atoms with Gasteiger partial charge in [-0.25, -0.2) is 0 Å². The van der Waals surface area contributed by atoms with E-state index in [2.05, 4.69) is 34.8 Å². The van der Waals surface area contributed by atoms with Crippen LogP contribution in [0.15, 0.2) is 28.9 Å². The second-order valence-electron chi connectivity index (χ2n) is 4.83. The predicted octanol–water partition coefficient (Wildman–Crippen LogP) is 4.73. The van der Waals surface area contributed by atoms with Crippen LogP contribution in [0, 0.1) is 5.92 Å². The number of hydrogen-bond donors (Lipinski definition) is 1. The molecule has 0 saturated carbocycles. The number of benzene rings is 1. The van der Waals surface area contributed by atoms with Crippen LogP contribution in [0.1, 0.15) is 31.9 Å². The van der Waals surface area contributed by atoms with Crippen LogP contribution in [0.3, 0.4) is 0 Å². The molecule has 4 heteroatoms. The average molecular weight is 329 g/mol. The highest BCUT2D eigenvalue weighted by molar-refractivity contribution is 9.10. The minimum absolute atomic E-state index is 0.411. The van der Waals surface area contributed by atoms with Gasteiger partial charge in [0.15, 0.2) is 0 Å². The third kappa shape index (κ3) is 2.85. The van der Waals surface area contributed by atoms with Gasteiger partial charge in [-0.05, 0) is 30.5 Å². The van der Waals surface area contributed by atoms with Gasteiger partial charge in [-0.3, -0.25) is 4.98 Å². The molecule has 0 amide bonds. The van der Waals surface area contributed by atoms with Crippen molar-refractivity contribution in [3.05, 3.63) is 39.5 Å². The number of aromatic nitrogens is 1. The van der Waals surface area contributed by atoms with Gasteiger partial charge in [0.1, 0.15) is 0 Å². The van der Waals surface area contributed by atoms with Gasteiger partial charge in [-0.15, -0.1) is 0 Å². The van der Waals surface area contributed by atoms with E-state index in [1.807, 2.05) is 18.2 Å². The van der Waals surface area contributed by atoms with E-state index in [1.54, 1.807) is 6.20 Å². The number of rotatable bonds is 3. The molecular weight excluding hydrogens is 314 g/mol. The molecule has 96 valence electrons. The number of aliphatic hydroxyl groups is 1. The van der Waals surface area contributed by atoms with Crippen LogP contribution < -0.4 is 0 Å². The van der Waals surface area contributed by atoms with Crippen molar-refractivity contribution >= 4 is 38.4 Å². The lowest BCUT2D eigenvalue weighted by Crippen LogP contribution is -2.03. The standard InChI is InChI=1S/C14H15BrClNO/c1-8(2)5-13(18)11-7-17-12-4-3-9(15)6-10(12)14(11)16/h3-4,6-8,13,18H,5H2,1-2H3. The fourth-order valence-corrected chi connectivity index (χ4v) is 2.64. The fourth-order valence-electron chi connectivity index (χ4n) is 1.95. The second kappa shape index (κ2) is 5.55. The monoisotopic (exact) mass is 327 g/mol. The molecule has 2 rings (SSSR count). The van der Waals surface area contributed by atoms with E-state index < -0.39 is 6.10 Å². The summed E-state index contributed by atoms with van der Waals surface area (Å²) in [6, 6.07) is 5.76. The Balaban J connectivity index is 2.50. The molecule has 0 aliphatic carbocycles. The first-order valence-corrected chi connectivity index (χ1v) is 7.08. The second-order valence-corrected chi connectivity index (χ2v) is 6.13. The van der Waals surface area contributed by atoms with Crippen molar-refractivity contribution in [3.8, 4) is 0 Å².